The van der Waals surface area contributed by atoms with E-state index >= 15 is 0 Å². The minimum atomic E-state index is -0.707. The van der Waals surface area contributed by atoms with Gasteiger partial charge in [0.05, 0.1) is 0 Å². The molecule has 1 aliphatic heterocycles. The Morgan fingerprint density at radius 1 is 1.13 bits per heavy atom. The molecule has 0 unspecified atom stereocenters. The summed E-state index contributed by atoms with van der Waals surface area (Å²) in [4.78, 5) is 38.3. The van der Waals surface area contributed by atoms with E-state index < -0.39 is 5.54 Å². The Hall–Kier alpha value is -2.37. The highest BCUT2D eigenvalue weighted by atomic mass is 16.2. The molecule has 6 nitrogen and oxygen atoms in total. The lowest BCUT2D eigenvalue weighted by molar-refractivity contribution is -0.131. The number of aryl methyl sites for hydroxylation is 2. The van der Waals surface area contributed by atoms with Crippen LogP contribution in [-0.2, 0) is 21.4 Å². The van der Waals surface area contributed by atoms with Crippen molar-refractivity contribution in [2.24, 2.45) is 0 Å². The van der Waals surface area contributed by atoms with Gasteiger partial charge in [-0.25, -0.2) is 4.79 Å². The predicted molar refractivity (Wildman–Crippen MR) is 117 cm³/mol. The number of amides is 4. The van der Waals surface area contributed by atoms with Crippen LogP contribution < -0.4 is 10.6 Å². The maximum absolute atomic E-state index is 12.6. The Bertz CT molecular complexity index is 825. The molecule has 0 bridgehead atoms. The molecule has 1 heterocycles. The highest BCUT2D eigenvalue weighted by Gasteiger charge is 2.52. The minimum absolute atomic E-state index is 0.110. The van der Waals surface area contributed by atoms with E-state index in [9.17, 15) is 14.4 Å². The van der Waals surface area contributed by atoms with E-state index in [-0.39, 0.29) is 36.2 Å². The van der Waals surface area contributed by atoms with Gasteiger partial charge in [0.1, 0.15) is 5.54 Å². The molecule has 2 fully saturated rings. The lowest BCUT2D eigenvalue weighted by Gasteiger charge is -2.22. The number of carbonyl (C=O) groups excluding carboxylic acids is 3. The molecule has 6 heteroatoms. The number of benzene rings is 1. The SMILES string of the molecule is Cc1cc(C(C)(C)C)cc(C)c1CCNC(=O)CCN1C(=O)NC2(CCCC2)C1=O. The summed E-state index contributed by atoms with van der Waals surface area (Å²) < 4.78 is 0. The molecular weight excluding hydrogens is 378 g/mol. The molecule has 1 aromatic rings. The quantitative estimate of drug-likeness (QED) is 0.701. The van der Waals surface area contributed by atoms with Gasteiger partial charge in [-0.2, -0.15) is 0 Å². The Morgan fingerprint density at radius 3 is 2.30 bits per heavy atom. The number of imide groups is 1. The van der Waals surface area contributed by atoms with Crippen molar-refractivity contribution in [2.45, 2.75) is 84.1 Å². The first-order valence-electron chi connectivity index (χ1n) is 11.0. The summed E-state index contributed by atoms with van der Waals surface area (Å²) in [5.41, 5.74) is 4.48. The molecule has 1 aliphatic carbocycles. The number of rotatable bonds is 6. The fraction of sp³-hybridized carbons (Fsp3) is 0.625. The van der Waals surface area contributed by atoms with Crippen LogP contribution in [-0.4, -0.2) is 41.4 Å². The summed E-state index contributed by atoms with van der Waals surface area (Å²) >= 11 is 0. The van der Waals surface area contributed by atoms with E-state index in [0.717, 1.165) is 19.3 Å². The van der Waals surface area contributed by atoms with Gasteiger partial charge in [-0.15, -0.1) is 0 Å². The minimum Gasteiger partial charge on any atom is -0.356 e. The Kier molecular flexibility index (Phi) is 6.25. The lowest BCUT2D eigenvalue weighted by Crippen LogP contribution is -2.44. The van der Waals surface area contributed by atoms with E-state index in [1.165, 1.54) is 27.2 Å². The van der Waals surface area contributed by atoms with Gasteiger partial charge >= 0.3 is 6.03 Å². The van der Waals surface area contributed by atoms with Crippen molar-refractivity contribution in [2.75, 3.05) is 13.1 Å². The zero-order chi connectivity index (χ0) is 22.1. The van der Waals surface area contributed by atoms with Gasteiger partial charge in [-0.05, 0) is 60.8 Å². The lowest BCUT2D eigenvalue weighted by atomic mass is 9.83. The second-order valence-corrected chi connectivity index (χ2v) is 9.86. The maximum atomic E-state index is 12.6. The van der Waals surface area contributed by atoms with Crippen LogP contribution in [0, 0.1) is 13.8 Å². The highest BCUT2D eigenvalue weighted by Crippen LogP contribution is 2.35. The molecule has 1 aromatic carbocycles. The fourth-order valence-corrected chi connectivity index (χ4v) is 4.65. The van der Waals surface area contributed by atoms with Crippen LogP contribution in [0.4, 0.5) is 4.79 Å². The van der Waals surface area contributed by atoms with Crippen molar-refractivity contribution in [3.8, 4) is 0 Å². The summed E-state index contributed by atoms with van der Waals surface area (Å²) in [5.74, 6) is -0.299. The van der Waals surface area contributed by atoms with E-state index in [1.54, 1.807) is 0 Å². The molecule has 2 aliphatic rings. The normalized spacial score (nSPS) is 18.2. The molecule has 3 rings (SSSR count). The molecule has 2 N–H and O–H groups in total. The third-order valence-corrected chi connectivity index (χ3v) is 6.52. The predicted octanol–water partition coefficient (Wildman–Crippen LogP) is 3.51. The van der Waals surface area contributed by atoms with Crippen LogP contribution in [0.1, 0.15) is 75.1 Å². The molecule has 1 saturated carbocycles. The highest BCUT2D eigenvalue weighted by molar-refractivity contribution is 6.07. The summed E-state index contributed by atoms with van der Waals surface area (Å²) in [6.07, 6.45) is 4.21. The third kappa shape index (κ3) is 4.52. The van der Waals surface area contributed by atoms with Crippen LogP contribution in [0.5, 0.6) is 0 Å². The standard InChI is InChI=1S/C24H35N3O3/c1-16-14-18(23(3,4)5)15-17(2)19(16)8-12-25-20(28)9-13-27-21(29)24(26-22(27)30)10-6-7-11-24/h14-15H,6-13H2,1-5H3,(H,25,28)(H,26,30). The maximum Gasteiger partial charge on any atom is 0.325 e. The van der Waals surface area contributed by atoms with E-state index in [0.29, 0.717) is 19.4 Å². The van der Waals surface area contributed by atoms with E-state index in [4.69, 9.17) is 0 Å². The van der Waals surface area contributed by atoms with Gasteiger partial charge in [-0.1, -0.05) is 45.7 Å². The molecule has 30 heavy (non-hydrogen) atoms. The van der Waals surface area contributed by atoms with Gasteiger partial charge < -0.3 is 10.6 Å². The zero-order valence-corrected chi connectivity index (χ0v) is 19.0. The molecule has 4 amide bonds. The van der Waals surface area contributed by atoms with Gasteiger partial charge in [0.2, 0.25) is 5.91 Å². The molecule has 0 radical (unpaired) electrons. The van der Waals surface area contributed by atoms with Crippen molar-refractivity contribution in [3.63, 3.8) is 0 Å². The molecule has 164 valence electrons. The molecule has 0 aromatic heterocycles. The molecular formula is C24H35N3O3. The van der Waals surface area contributed by atoms with Crippen LogP contribution in [0.2, 0.25) is 0 Å². The molecule has 1 spiro atoms. The fourth-order valence-electron chi connectivity index (χ4n) is 4.65. The number of urea groups is 1. The summed E-state index contributed by atoms with van der Waals surface area (Å²) in [6, 6.07) is 4.11. The smallest absolute Gasteiger partial charge is 0.325 e. The van der Waals surface area contributed by atoms with Gasteiger partial charge in [-0.3, -0.25) is 14.5 Å². The average molecular weight is 414 g/mol. The average Bonchev–Trinajstić information content (AvgIpc) is 3.20. The van der Waals surface area contributed by atoms with E-state index in [1.807, 2.05) is 0 Å². The van der Waals surface area contributed by atoms with Gasteiger partial charge in [0.25, 0.3) is 5.91 Å². The van der Waals surface area contributed by atoms with Crippen molar-refractivity contribution in [1.82, 2.24) is 15.5 Å². The Labute approximate surface area is 179 Å². The summed E-state index contributed by atoms with van der Waals surface area (Å²) in [6.45, 7) is 11.5. The van der Waals surface area contributed by atoms with E-state index in [2.05, 4.69) is 57.4 Å². The number of hydrogen-bond donors (Lipinski definition) is 2. The molecule has 1 saturated heterocycles. The van der Waals surface area contributed by atoms with Gasteiger partial charge in [0.15, 0.2) is 0 Å². The monoisotopic (exact) mass is 413 g/mol. The van der Waals surface area contributed by atoms with Crippen molar-refractivity contribution < 1.29 is 14.4 Å². The largest absolute Gasteiger partial charge is 0.356 e. The summed E-state index contributed by atoms with van der Waals surface area (Å²) in [5, 5.41) is 5.79. The van der Waals surface area contributed by atoms with Crippen LogP contribution >= 0.6 is 0 Å². The van der Waals surface area contributed by atoms with Crippen LogP contribution in [0.3, 0.4) is 0 Å². The zero-order valence-electron chi connectivity index (χ0n) is 19.0. The number of hydrogen-bond acceptors (Lipinski definition) is 3. The van der Waals surface area contributed by atoms with Gasteiger partial charge in [0, 0.05) is 19.5 Å². The second-order valence-electron chi connectivity index (χ2n) is 9.86. The first-order valence-corrected chi connectivity index (χ1v) is 11.0. The number of carbonyl (C=O) groups is 3. The third-order valence-electron chi connectivity index (χ3n) is 6.52. The molecule has 0 atom stereocenters. The van der Waals surface area contributed by atoms with Crippen LogP contribution in [0.25, 0.3) is 0 Å². The van der Waals surface area contributed by atoms with Crippen LogP contribution in [0.15, 0.2) is 12.1 Å². The number of nitrogens with zero attached hydrogens (tertiary/aromatic N) is 1. The number of nitrogens with one attached hydrogen (secondary N) is 2. The second kappa shape index (κ2) is 8.40. The topological polar surface area (TPSA) is 78.5 Å². The Morgan fingerprint density at radius 2 is 1.73 bits per heavy atom. The Balaban J connectivity index is 1.49. The first kappa shape index (κ1) is 22.3. The van der Waals surface area contributed by atoms with Crippen molar-refractivity contribution >= 4 is 17.8 Å². The van der Waals surface area contributed by atoms with Crippen molar-refractivity contribution in [3.05, 3.63) is 34.4 Å². The first-order chi connectivity index (χ1) is 14.0. The summed E-state index contributed by atoms with van der Waals surface area (Å²) in [7, 11) is 0. The van der Waals surface area contributed by atoms with Crippen molar-refractivity contribution in [1.29, 1.82) is 0 Å².